The Bertz CT molecular complexity index is 402. The number of nitrogens with zero attached hydrogens (tertiary/aromatic N) is 2. The van der Waals surface area contributed by atoms with Crippen molar-refractivity contribution >= 4 is 5.82 Å². The summed E-state index contributed by atoms with van der Waals surface area (Å²) >= 11 is 0. The van der Waals surface area contributed by atoms with E-state index in [2.05, 4.69) is 15.3 Å². The Kier molecular flexibility index (Phi) is 3.50. The van der Waals surface area contributed by atoms with Gasteiger partial charge in [-0.3, -0.25) is 4.98 Å². The number of anilines is 1. The zero-order chi connectivity index (χ0) is 11.2. The largest absolute Gasteiger partial charge is 0.467 e. The second-order valence-electron chi connectivity index (χ2n) is 3.32. The molecule has 5 heteroatoms. The second-order valence-corrected chi connectivity index (χ2v) is 3.32. The van der Waals surface area contributed by atoms with Crippen molar-refractivity contribution in [2.75, 3.05) is 11.9 Å². The molecule has 0 fully saturated rings. The lowest BCUT2D eigenvalue weighted by Crippen LogP contribution is -2.12. The van der Waals surface area contributed by atoms with E-state index in [0.29, 0.717) is 12.2 Å². The molecular weight excluding hydrogens is 206 g/mol. The number of nitrogens with one attached hydrogen (secondary N) is 1. The summed E-state index contributed by atoms with van der Waals surface area (Å²) in [5.74, 6) is 1.44. The molecule has 0 saturated heterocycles. The molecule has 16 heavy (non-hydrogen) atoms. The summed E-state index contributed by atoms with van der Waals surface area (Å²) in [6, 6.07) is 3.60. The molecule has 0 aliphatic rings. The summed E-state index contributed by atoms with van der Waals surface area (Å²) in [7, 11) is 0. The fraction of sp³-hybridized carbons (Fsp3) is 0.273. The molecule has 5 nitrogen and oxygen atoms in total. The van der Waals surface area contributed by atoms with Gasteiger partial charge in [0.15, 0.2) is 0 Å². The minimum Gasteiger partial charge on any atom is -0.467 e. The molecule has 2 aromatic rings. The summed E-state index contributed by atoms with van der Waals surface area (Å²) in [5, 5.41) is 12.2. The SMILES string of the molecule is OCCC(Nc1cnccn1)c1ccco1. The lowest BCUT2D eigenvalue weighted by atomic mass is 10.1. The first kappa shape index (κ1) is 10.6. The van der Waals surface area contributed by atoms with Crippen molar-refractivity contribution in [1.82, 2.24) is 9.97 Å². The van der Waals surface area contributed by atoms with E-state index in [-0.39, 0.29) is 12.6 Å². The molecule has 1 unspecified atom stereocenters. The van der Waals surface area contributed by atoms with Gasteiger partial charge in [-0.25, -0.2) is 4.98 Å². The molecule has 2 heterocycles. The van der Waals surface area contributed by atoms with Gasteiger partial charge in [0, 0.05) is 19.0 Å². The zero-order valence-electron chi connectivity index (χ0n) is 8.71. The quantitative estimate of drug-likeness (QED) is 0.799. The van der Waals surface area contributed by atoms with Gasteiger partial charge in [0.1, 0.15) is 11.6 Å². The predicted octanol–water partition coefficient (Wildman–Crippen LogP) is 1.61. The van der Waals surface area contributed by atoms with E-state index in [0.717, 1.165) is 5.76 Å². The average Bonchev–Trinajstić information content (AvgIpc) is 2.83. The van der Waals surface area contributed by atoms with Crippen LogP contribution in [-0.4, -0.2) is 21.7 Å². The van der Waals surface area contributed by atoms with Crippen molar-refractivity contribution in [3.63, 3.8) is 0 Å². The third kappa shape index (κ3) is 2.58. The Balaban J connectivity index is 2.09. The highest BCUT2D eigenvalue weighted by molar-refractivity contribution is 5.33. The summed E-state index contributed by atoms with van der Waals surface area (Å²) in [4.78, 5) is 8.07. The maximum atomic E-state index is 9.00. The monoisotopic (exact) mass is 219 g/mol. The van der Waals surface area contributed by atoms with Crippen LogP contribution in [0, 0.1) is 0 Å². The number of aliphatic hydroxyl groups is 1. The molecule has 2 rings (SSSR count). The molecule has 0 saturated carbocycles. The summed E-state index contributed by atoms with van der Waals surface area (Å²) in [5.41, 5.74) is 0. The molecule has 0 bridgehead atoms. The van der Waals surface area contributed by atoms with Crippen LogP contribution in [0.15, 0.2) is 41.4 Å². The van der Waals surface area contributed by atoms with Crippen molar-refractivity contribution in [3.8, 4) is 0 Å². The topological polar surface area (TPSA) is 71.2 Å². The molecule has 0 aliphatic carbocycles. The Hall–Kier alpha value is -1.88. The molecule has 0 aromatic carbocycles. The molecule has 1 atom stereocenters. The third-order valence-corrected chi connectivity index (χ3v) is 2.19. The van der Waals surface area contributed by atoms with Gasteiger partial charge in [-0.05, 0) is 18.6 Å². The van der Waals surface area contributed by atoms with E-state index in [1.807, 2.05) is 12.1 Å². The first-order chi connectivity index (χ1) is 7.90. The zero-order valence-corrected chi connectivity index (χ0v) is 8.71. The summed E-state index contributed by atoms with van der Waals surface area (Å²) < 4.78 is 5.30. The van der Waals surface area contributed by atoms with Crippen LogP contribution in [0.1, 0.15) is 18.2 Å². The van der Waals surface area contributed by atoms with E-state index < -0.39 is 0 Å². The van der Waals surface area contributed by atoms with Crippen LogP contribution in [0.2, 0.25) is 0 Å². The predicted molar refractivity (Wildman–Crippen MR) is 58.8 cm³/mol. The molecule has 0 amide bonds. The minimum atomic E-state index is -0.0864. The van der Waals surface area contributed by atoms with Crippen molar-refractivity contribution in [3.05, 3.63) is 42.7 Å². The standard InChI is InChI=1S/C11H13N3O2/c15-6-3-9(10-2-1-7-16-10)14-11-8-12-4-5-13-11/h1-2,4-5,7-9,15H,3,6H2,(H,13,14). The van der Waals surface area contributed by atoms with Crippen LogP contribution in [0.25, 0.3) is 0 Å². The van der Waals surface area contributed by atoms with Gasteiger partial charge >= 0.3 is 0 Å². The highest BCUT2D eigenvalue weighted by Crippen LogP contribution is 2.21. The van der Waals surface area contributed by atoms with Crippen LogP contribution in [0.4, 0.5) is 5.82 Å². The first-order valence-corrected chi connectivity index (χ1v) is 5.07. The average molecular weight is 219 g/mol. The molecule has 0 spiro atoms. The fourth-order valence-corrected chi connectivity index (χ4v) is 1.46. The summed E-state index contributed by atoms with van der Waals surface area (Å²) in [6.07, 6.45) is 7.02. The Morgan fingerprint density at radius 3 is 3.00 bits per heavy atom. The van der Waals surface area contributed by atoms with E-state index in [1.165, 1.54) is 0 Å². The van der Waals surface area contributed by atoms with Gasteiger partial charge in [0.25, 0.3) is 0 Å². The highest BCUT2D eigenvalue weighted by atomic mass is 16.3. The fourth-order valence-electron chi connectivity index (χ4n) is 1.46. The Morgan fingerprint density at radius 1 is 1.44 bits per heavy atom. The normalized spacial score (nSPS) is 12.3. The third-order valence-electron chi connectivity index (χ3n) is 2.19. The Labute approximate surface area is 93.2 Å². The van der Waals surface area contributed by atoms with Crippen LogP contribution in [0.5, 0.6) is 0 Å². The number of hydrogen-bond acceptors (Lipinski definition) is 5. The highest BCUT2D eigenvalue weighted by Gasteiger charge is 2.13. The van der Waals surface area contributed by atoms with E-state index in [1.54, 1.807) is 24.9 Å². The van der Waals surface area contributed by atoms with Crippen LogP contribution in [0.3, 0.4) is 0 Å². The smallest absolute Gasteiger partial charge is 0.145 e. The van der Waals surface area contributed by atoms with Crippen molar-refractivity contribution in [2.45, 2.75) is 12.5 Å². The lowest BCUT2D eigenvalue weighted by molar-refractivity contribution is 0.273. The number of hydrogen-bond donors (Lipinski definition) is 2. The van der Waals surface area contributed by atoms with Crippen molar-refractivity contribution in [1.29, 1.82) is 0 Å². The number of rotatable bonds is 5. The van der Waals surface area contributed by atoms with Gasteiger partial charge in [0.05, 0.1) is 18.5 Å². The van der Waals surface area contributed by atoms with Crippen molar-refractivity contribution in [2.24, 2.45) is 0 Å². The van der Waals surface area contributed by atoms with E-state index in [4.69, 9.17) is 9.52 Å². The van der Waals surface area contributed by atoms with Crippen molar-refractivity contribution < 1.29 is 9.52 Å². The molecule has 2 aromatic heterocycles. The van der Waals surface area contributed by atoms with Crippen LogP contribution >= 0.6 is 0 Å². The van der Waals surface area contributed by atoms with Gasteiger partial charge in [-0.2, -0.15) is 0 Å². The van der Waals surface area contributed by atoms with E-state index >= 15 is 0 Å². The molecular formula is C11H13N3O2. The maximum Gasteiger partial charge on any atom is 0.145 e. The molecule has 0 radical (unpaired) electrons. The minimum absolute atomic E-state index is 0.0820. The van der Waals surface area contributed by atoms with Gasteiger partial charge in [-0.15, -0.1) is 0 Å². The van der Waals surface area contributed by atoms with E-state index in [9.17, 15) is 0 Å². The van der Waals surface area contributed by atoms with Gasteiger partial charge in [-0.1, -0.05) is 0 Å². The second kappa shape index (κ2) is 5.27. The Morgan fingerprint density at radius 2 is 2.38 bits per heavy atom. The van der Waals surface area contributed by atoms with Crippen LogP contribution < -0.4 is 5.32 Å². The molecule has 84 valence electrons. The maximum absolute atomic E-state index is 9.00. The summed E-state index contributed by atoms with van der Waals surface area (Å²) in [6.45, 7) is 0.0820. The van der Waals surface area contributed by atoms with Crippen LogP contribution in [-0.2, 0) is 0 Å². The number of aliphatic hydroxyl groups excluding tert-OH is 1. The molecule has 0 aliphatic heterocycles. The molecule has 2 N–H and O–H groups in total. The lowest BCUT2D eigenvalue weighted by Gasteiger charge is -2.15. The number of aromatic nitrogens is 2. The van der Waals surface area contributed by atoms with Gasteiger partial charge < -0.3 is 14.8 Å². The van der Waals surface area contributed by atoms with Gasteiger partial charge in [0.2, 0.25) is 0 Å². The first-order valence-electron chi connectivity index (χ1n) is 5.07. The number of furan rings is 1.